The number of methoxy groups -OCH3 is 2. The third-order valence-corrected chi connectivity index (χ3v) is 7.11. The van der Waals surface area contributed by atoms with Crippen LogP contribution < -0.4 is 9.47 Å². The Morgan fingerprint density at radius 2 is 1.88 bits per heavy atom. The molecule has 0 unspecified atom stereocenters. The Labute approximate surface area is 199 Å². The van der Waals surface area contributed by atoms with Crippen LogP contribution in [-0.4, -0.2) is 59.9 Å². The molecule has 3 aromatic rings. The molecule has 178 valence electrons. The van der Waals surface area contributed by atoms with Crippen molar-refractivity contribution >= 4 is 22.7 Å². The molecule has 2 aliphatic heterocycles. The van der Waals surface area contributed by atoms with E-state index in [9.17, 15) is 9.59 Å². The van der Waals surface area contributed by atoms with Crippen molar-refractivity contribution in [1.82, 2.24) is 14.8 Å². The predicted molar refractivity (Wildman–Crippen MR) is 130 cm³/mol. The number of hydrogen-bond acceptors (Lipinski definition) is 4. The monoisotopic (exact) mass is 461 g/mol. The maximum atomic E-state index is 13.7. The van der Waals surface area contributed by atoms with Gasteiger partial charge in [-0.1, -0.05) is 38.0 Å². The van der Waals surface area contributed by atoms with Crippen LogP contribution in [0.4, 0.5) is 0 Å². The molecular formula is C27H31N3O4. The lowest BCUT2D eigenvalue weighted by atomic mass is 9.85. The molecule has 2 aromatic carbocycles. The van der Waals surface area contributed by atoms with Gasteiger partial charge in [0.25, 0.3) is 0 Å². The number of piperazine rings is 1. The predicted octanol–water partition coefficient (Wildman–Crippen LogP) is 4.06. The third-order valence-electron chi connectivity index (χ3n) is 7.11. The van der Waals surface area contributed by atoms with Crippen molar-refractivity contribution < 1.29 is 19.1 Å². The number of carbonyl (C=O) groups is 2. The number of nitrogens with zero attached hydrogens (tertiary/aromatic N) is 2. The summed E-state index contributed by atoms with van der Waals surface area (Å²) in [4.78, 5) is 34.4. The molecule has 0 saturated carbocycles. The quantitative estimate of drug-likeness (QED) is 0.539. The lowest BCUT2D eigenvalue weighted by Crippen LogP contribution is -2.63. The fourth-order valence-electron chi connectivity index (χ4n) is 5.43. The molecule has 0 bridgehead atoms. The molecule has 7 heteroatoms. The van der Waals surface area contributed by atoms with Gasteiger partial charge in [0.15, 0.2) is 0 Å². The molecule has 2 amide bonds. The number of para-hydroxylation sites is 1. The molecule has 2 atom stereocenters. The first-order valence-corrected chi connectivity index (χ1v) is 12.0. The minimum Gasteiger partial charge on any atom is -0.497 e. The molecule has 7 nitrogen and oxygen atoms in total. The van der Waals surface area contributed by atoms with Gasteiger partial charge in [-0.25, -0.2) is 0 Å². The summed E-state index contributed by atoms with van der Waals surface area (Å²) in [5.74, 6) is 1.30. The first kappa shape index (κ1) is 22.3. The molecule has 1 fully saturated rings. The maximum Gasteiger partial charge on any atom is 0.246 e. The Balaban J connectivity index is 1.65. The van der Waals surface area contributed by atoms with E-state index in [1.807, 2.05) is 36.4 Å². The van der Waals surface area contributed by atoms with Crippen LogP contribution in [0.3, 0.4) is 0 Å². The van der Waals surface area contributed by atoms with Crippen molar-refractivity contribution in [2.45, 2.75) is 44.7 Å². The summed E-state index contributed by atoms with van der Waals surface area (Å²) >= 11 is 0. The van der Waals surface area contributed by atoms with Crippen molar-refractivity contribution in [3.8, 4) is 11.5 Å². The first-order chi connectivity index (χ1) is 16.6. The zero-order valence-corrected chi connectivity index (χ0v) is 20.0. The smallest absolute Gasteiger partial charge is 0.246 e. The van der Waals surface area contributed by atoms with E-state index in [4.69, 9.17) is 9.47 Å². The molecule has 0 aliphatic carbocycles. The van der Waals surface area contributed by atoms with Gasteiger partial charge in [0, 0.05) is 41.2 Å². The number of ether oxygens (including phenoxy) is 2. The van der Waals surface area contributed by atoms with Crippen molar-refractivity contribution in [2.24, 2.45) is 0 Å². The van der Waals surface area contributed by atoms with Crippen LogP contribution in [0.1, 0.15) is 49.0 Å². The van der Waals surface area contributed by atoms with Gasteiger partial charge in [-0.2, -0.15) is 0 Å². The lowest BCUT2D eigenvalue weighted by molar-refractivity contribution is -0.158. The summed E-state index contributed by atoms with van der Waals surface area (Å²) in [5.41, 5.74) is 3.88. The highest BCUT2D eigenvalue weighted by molar-refractivity contribution is 5.97. The highest BCUT2D eigenvalue weighted by Gasteiger charge is 2.48. The zero-order valence-electron chi connectivity index (χ0n) is 20.0. The van der Waals surface area contributed by atoms with Crippen LogP contribution in [0, 0.1) is 0 Å². The molecular weight excluding hydrogens is 430 g/mol. The number of aromatic nitrogens is 1. The fourth-order valence-corrected chi connectivity index (χ4v) is 5.43. The summed E-state index contributed by atoms with van der Waals surface area (Å²) in [7, 11) is 3.23. The van der Waals surface area contributed by atoms with Gasteiger partial charge in [0.2, 0.25) is 11.8 Å². The van der Waals surface area contributed by atoms with E-state index >= 15 is 0 Å². The van der Waals surface area contributed by atoms with Gasteiger partial charge in [-0.15, -0.1) is 0 Å². The highest BCUT2D eigenvalue weighted by atomic mass is 16.5. The summed E-state index contributed by atoms with van der Waals surface area (Å²) in [6, 6.07) is 12.8. The summed E-state index contributed by atoms with van der Waals surface area (Å²) < 4.78 is 11.1. The number of amides is 2. The summed E-state index contributed by atoms with van der Waals surface area (Å²) in [6.07, 6.45) is 3.54. The average molecular weight is 462 g/mol. The van der Waals surface area contributed by atoms with E-state index in [2.05, 4.69) is 18.0 Å². The number of H-pyrrole nitrogens is 1. The second kappa shape index (κ2) is 9.05. The maximum absolute atomic E-state index is 13.7. The van der Waals surface area contributed by atoms with Crippen LogP contribution in [0.5, 0.6) is 11.5 Å². The number of fused-ring (bicyclic) bond motifs is 4. The number of carbonyl (C=O) groups excluding carboxylic acids is 2. The van der Waals surface area contributed by atoms with Gasteiger partial charge >= 0.3 is 0 Å². The molecule has 0 radical (unpaired) electrons. The van der Waals surface area contributed by atoms with E-state index in [-0.39, 0.29) is 18.4 Å². The molecule has 34 heavy (non-hydrogen) atoms. The zero-order chi connectivity index (χ0) is 23.8. The molecule has 2 aliphatic rings. The van der Waals surface area contributed by atoms with Gasteiger partial charge < -0.3 is 24.3 Å². The van der Waals surface area contributed by atoms with Crippen LogP contribution in [0.2, 0.25) is 0 Å². The summed E-state index contributed by atoms with van der Waals surface area (Å²) in [5, 5.41) is 1.10. The van der Waals surface area contributed by atoms with Gasteiger partial charge in [0.05, 0.1) is 20.8 Å². The van der Waals surface area contributed by atoms with E-state index in [0.29, 0.717) is 24.5 Å². The normalized spacial score (nSPS) is 19.9. The fraction of sp³-hybridized carbons (Fsp3) is 0.407. The van der Waals surface area contributed by atoms with Crippen molar-refractivity contribution in [1.29, 1.82) is 0 Å². The Bertz CT molecular complexity index is 1230. The number of nitrogens with one attached hydrogen (secondary N) is 1. The highest BCUT2D eigenvalue weighted by Crippen LogP contribution is 2.45. The largest absolute Gasteiger partial charge is 0.497 e. The summed E-state index contributed by atoms with van der Waals surface area (Å²) in [6.45, 7) is 2.88. The Hall–Kier alpha value is -3.48. The second-order valence-corrected chi connectivity index (χ2v) is 9.06. The third kappa shape index (κ3) is 3.59. The van der Waals surface area contributed by atoms with E-state index in [0.717, 1.165) is 47.0 Å². The Morgan fingerprint density at radius 3 is 2.65 bits per heavy atom. The molecule has 1 N–H and O–H groups in total. The standard InChI is InChI=1S/C27H31N3O4/c1-4-5-8-13-29-16-24(31)30-22(27(29)32)15-20-18-9-6-7-10-21(18)28-25(20)26(30)19-12-11-17(33-2)14-23(19)34-3/h6-7,9-12,14,22,26,28H,4-5,8,13,15-16H2,1-3H3/t22-,26-/m0/s1. The van der Waals surface area contributed by atoms with Crippen molar-refractivity contribution in [2.75, 3.05) is 27.3 Å². The SMILES string of the molecule is CCCCCN1CC(=O)N2[C@@H](c3ccc(OC)cc3OC)c3[nH]c4ccccc4c3C[C@H]2C1=O. The molecule has 3 heterocycles. The Morgan fingerprint density at radius 1 is 1.06 bits per heavy atom. The van der Waals surface area contributed by atoms with Gasteiger partial charge in [0.1, 0.15) is 23.6 Å². The topological polar surface area (TPSA) is 74.9 Å². The van der Waals surface area contributed by atoms with Gasteiger partial charge in [-0.3, -0.25) is 9.59 Å². The minimum absolute atomic E-state index is 0.0316. The van der Waals surface area contributed by atoms with Gasteiger partial charge in [-0.05, 0) is 30.2 Å². The number of benzene rings is 2. The molecule has 0 spiro atoms. The van der Waals surface area contributed by atoms with Crippen molar-refractivity contribution in [3.05, 3.63) is 59.3 Å². The molecule has 1 aromatic heterocycles. The lowest BCUT2D eigenvalue weighted by Gasteiger charge is -2.47. The first-order valence-electron chi connectivity index (χ1n) is 12.0. The molecule has 1 saturated heterocycles. The second-order valence-electron chi connectivity index (χ2n) is 9.06. The van der Waals surface area contributed by atoms with Crippen LogP contribution in [0.15, 0.2) is 42.5 Å². The number of hydrogen-bond donors (Lipinski definition) is 1. The average Bonchev–Trinajstić information content (AvgIpc) is 3.24. The number of unbranched alkanes of at least 4 members (excludes halogenated alkanes) is 2. The van der Waals surface area contributed by atoms with Crippen LogP contribution in [0.25, 0.3) is 10.9 Å². The van der Waals surface area contributed by atoms with E-state index < -0.39 is 12.1 Å². The molecule has 5 rings (SSSR count). The van der Waals surface area contributed by atoms with E-state index in [1.165, 1.54) is 0 Å². The van der Waals surface area contributed by atoms with Crippen molar-refractivity contribution in [3.63, 3.8) is 0 Å². The van der Waals surface area contributed by atoms with Crippen LogP contribution >= 0.6 is 0 Å². The van der Waals surface area contributed by atoms with Crippen LogP contribution in [-0.2, 0) is 16.0 Å². The minimum atomic E-state index is -0.536. The Kier molecular flexibility index (Phi) is 5.94. The van der Waals surface area contributed by atoms with E-state index in [1.54, 1.807) is 24.0 Å². The number of aromatic amines is 1. The number of rotatable bonds is 7.